The van der Waals surface area contributed by atoms with Gasteiger partial charge in [-0.2, -0.15) is 15.4 Å². The van der Waals surface area contributed by atoms with Crippen LogP contribution in [0.25, 0.3) is 0 Å². The highest BCUT2D eigenvalue weighted by Gasteiger charge is 2.08. The van der Waals surface area contributed by atoms with Crippen LogP contribution in [0.3, 0.4) is 0 Å². The quantitative estimate of drug-likeness (QED) is 0.473. The van der Waals surface area contributed by atoms with Crippen molar-refractivity contribution < 1.29 is 19.8 Å². The van der Waals surface area contributed by atoms with Gasteiger partial charge in [0.05, 0.1) is 11.9 Å². The standard InChI is InChI=1S/C4H3N3O4/c8-3(9)1-2(4(10)11)6-7-5-1/h(H,8,9)(H,10,11)(H,5,6,7)/p-2. The van der Waals surface area contributed by atoms with Crippen LogP contribution in [0.1, 0.15) is 21.0 Å². The van der Waals surface area contributed by atoms with Crippen LogP contribution in [-0.2, 0) is 0 Å². The zero-order valence-corrected chi connectivity index (χ0v) is 5.03. The molecule has 0 aliphatic carbocycles. The number of rotatable bonds is 2. The van der Waals surface area contributed by atoms with E-state index in [-0.39, 0.29) is 0 Å². The molecule has 1 heterocycles. The van der Waals surface area contributed by atoms with Crippen molar-refractivity contribution in [2.45, 2.75) is 0 Å². The lowest BCUT2D eigenvalue weighted by Crippen LogP contribution is -2.30. The third-order valence-electron chi connectivity index (χ3n) is 0.935. The number of aromatic amines is 1. The van der Waals surface area contributed by atoms with E-state index < -0.39 is 23.3 Å². The molecule has 1 N–H and O–H groups in total. The van der Waals surface area contributed by atoms with E-state index in [1.54, 1.807) is 0 Å². The molecule has 0 radical (unpaired) electrons. The first-order chi connectivity index (χ1) is 5.13. The van der Waals surface area contributed by atoms with Gasteiger partial charge in [0.25, 0.3) is 0 Å². The Balaban J connectivity index is 3.16. The molecule has 7 heteroatoms. The second-order valence-electron chi connectivity index (χ2n) is 1.60. The van der Waals surface area contributed by atoms with Crippen molar-refractivity contribution >= 4 is 11.9 Å². The van der Waals surface area contributed by atoms with Gasteiger partial charge in [-0.25, -0.2) is 0 Å². The molecular formula is C4HN3O4-2. The molecule has 0 atom stereocenters. The summed E-state index contributed by atoms with van der Waals surface area (Å²) in [6.07, 6.45) is 0. The minimum atomic E-state index is -1.71. The van der Waals surface area contributed by atoms with Crippen LogP contribution in [-0.4, -0.2) is 27.3 Å². The maximum Gasteiger partial charge on any atom is 0.137 e. The Hall–Kier alpha value is -1.92. The predicted octanol–water partition coefficient (Wildman–Crippen LogP) is -3.47. The third kappa shape index (κ3) is 1.16. The molecule has 58 valence electrons. The summed E-state index contributed by atoms with van der Waals surface area (Å²) in [4.78, 5) is 20.1. The van der Waals surface area contributed by atoms with E-state index in [4.69, 9.17) is 0 Å². The van der Waals surface area contributed by atoms with E-state index in [1.807, 2.05) is 5.21 Å². The summed E-state index contributed by atoms with van der Waals surface area (Å²) in [6, 6.07) is 0. The highest BCUT2D eigenvalue weighted by atomic mass is 16.4. The van der Waals surface area contributed by atoms with Gasteiger partial charge in [0.1, 0.15) is 11.4 Å². The van der Waals surface area contributed by atoms with Gasteiger partial charge in [0.15, 0.2) is 0 Å². The largest absolute Gasteiger partial charge is 0.543 e. The van der Waals surface area contributed by atoms with Gasteiger partial charge >= 0.3 is 0 Å². The Bertz CT molecular complexity index is 276. The number of carbonyl (C=O) groups excluding carboxylic acids is 2. The molecule has 1 aromatic heterocycles. The van der Waals surface area contributed by atoms with E-state index >= 15 is 0 Å². The molecule has 1 rings (SSSR count). The number of aromatic carboxylic acids is 2. The van der Waals surface area contributed by atoms with Gasteiger partial charge in [0.2, 0.25) is 0 Å². The van der Waals surface area contributed by atoms with Crippen molar-refractivity contribution in [3.05, 3.63) is 11.4 Å². The van der Waals surface area contributed by atoms with Crippen LogP contribution in [0.4, 0.5) is 0 Å². The number of nitrogens with one attached hydrogen (secondary N) is 1. The predicted molar refractivity (Wildman–Crippen MR) is 25.0 cm³/mol. The van der Waals surface area contributed by atoms with E-state index in [9.17, 15) is 19.8 Å². The van der Waals surface area contributed by atoms with Gasteiger partial charge in [-0.1, -0.05) is 0 Å². The fourth-order valence-corrected chi connectivity index (χ4v) is 0.516. The molecule has 1 aromatic rings. The van der Waals surface area contributed by atoms with Crippen LogP contribution in [0, 0.1) is 0 Å². The Kier molecular flexibility index (Phi) is 1.55. The number of nitrogens with zero attached hydrogens (tertiary/aromatic N) is 2. The zero-order chi connectivity index (χ0) is 8.43. The molecule has 0 amide bonds. The monoisotopic (exact) mass is 155 g/mol. The van der Waals surface area contributed by atoms with Crippen LogP contribution >= 0.6 is 0 Å². The van der Waals surface area contributed by atoms with Gasteiger partial charge in [-0.15, -0.1) is 0 Å². The number of H-pyrrole nitrogens is 1. The maximum absolute atomic E-state index is 10.1. The number of hydrogen-bond acceptors (Lipinski definition) is 6. The maximum atomic E-state index is 10.1. The SMILES string of the molecule is O=C([O-])c1n[nH]nc1C(=O)[O-]. The highest BCUT2D eigenvalue weighted by molar-refractivity contribution is 5.96. The van der Waals surface area contributed by atoms with Crippen molar-refractivity contribution in [2.24, 2.45) is 0 Å². The number of hydrogen-bond donors (Lipinski definition) is 1. The van der Waals surface area contributed by atoms with Crippen molar-refractivity contribution in [1.82, 2.24) is 15.4 Å². The lowest BCUT2D eigenvalue weighted by atomic mass is 10.3. The number of carboxylic acid groups (broad SMARTS) is 2. The van der Waals surface area contributed by atoms with Crippen molar-refractivity contribution in [3.63, 3.8) is 0 Å². The molecule has 0 saturated carbocycles. The average Bonchev–Trinajstić information content (AvgIpc) is 2.32. The summed E-state index contributed by atoms with van der Waals surface area (Å²) in [5, 5.41) is 28.0. The summed E-state index contributed by atoms with van der Waals surface area (Å²) >= 11 is 0. The summed E-state index contributed by atoms with van der Waals surface area (Å²) in [5.41, 5.74) is -1.52. The molecule has 0 spiro atoms. The van der Waals surface area contributed by atoms with Crippen LogP contribution < -0.4 is 10.2 Å². The molecule has 0 bridgehead atoms. The van der Waals surface area contributed by atoms with Gasteiger partial charge in [0, 0.05) is 0 Å². The van der Waals surface area contributed by atoms with E-state index in [2.05, 4.69) is 10.2 Å². The molecule has 0 aromatic carbocycles. The Morgan fingerprint density at radius 1 is 1.09 bits per heavy atom. The smallest absolute Gasteiger partial charge is 0.137 e. The van der Waals surface area contributed by atoms with Crippen LogP contribution in [0.5, 0.6) is 0 Å². The normalized spacial score (nSPS) is 9.45. The number of aromatic nitrogens is 3. The summed E-state index contributed by atoms with van der Waals surface area (Å²) in [6.45, 7) is 0. The summed E-state index contributed by atoms with van der Waals surface area (Å²) < 4.78 is 0. The highest BCUT2D eigenvalue weighted by Crippen LogP contribution is 1.96. The van der Waals surface area contributed by atoms with E-state index in [0.29, 0.717) is 0 Å². The second kappa shape index (κ2) is 2.37. The minimum Gasteiger partial charge on any atom is -0.543 e. The topological polar surface area (TPSA) is 122 Å². The van der Waals surface area contributed by atoms with Crippen molar-refractivity contribution in [2.75, 3.05) is 0 Å². The third-order valence-corrected chi connectivity index (χ3v) is 0.935. The van der Waals surface area contributed by atoms with Crippen LogP contribution in [0.15, 0.2) is 0 Å². The molecule has 0 unspecified atom stereocenters. The lowest BCUT2D eigenvalue weighted by molar-refractivity contribution is -0.260. The molecule has 7 nitrogen and oxygen atoms in total. The Morgan fingerprint density at radius 3 is 1.73 bits per heavy atom. The van der Waals surface area contributed by atoms with Gasteiger partial charge < -0.3 is 19.8 Å². The molecule has 0 saturated heterocycles. The fraction of sp³-hybridized carbons (Fsp3) is 0. The summed E-state index contributed by atoms with van der Waals surface area (Å²) in [5.74, 6) is -3.42. The van der Waals surface area contributed by atoms with Gasteiger partial charge in [-0.05, 0) is 0 Å². The van der Waals surface area contributed by atoms with Crippen molar-refractivity contribution in [1.29, 1.82) is 0 Å². The first-order valence-electron chi connectivity index (χ1n) is 2.46. The van der Waals surface area contributed by atoms with Crippen molar-refractivity contribution in [3.8, 4) is 0 Å². The first kappa shape index (κ1) is 7.19. The lowest BCUT2D eigenvalue weighted by Gasteiger charge is -1.99. The average molecular weight is 155 g/mol. The first-order valence-corrected chi connectivity index (χ1v) is 2.46. The second-order valence-corrected chi connectivity index (χ2v) is 1.60. The van der Waals surface area contributed by atoms with Crippen LogP contribution in [0.2, 0.25) is 0 Å². The number of carboxylic acids is 2. The van der Waals surface area contributed by atoms with Gasteiger partial charge in [-0.3, -0.25) is 0 Å². The minimum absolute atomic E-state index is 0.759. The number of carbonyl (C=O) groups is 2. The summed E-state index contributed by atoms with van der Waals surface area (Å²) in [7, 11) is 0. The molecule has 0 fully saturated rings. The van der Waals surface area contributed by atoms with E-state index in [1.165, 1.54) is 0 Å². The molecule has 11 heavy (non-hydrogen) atoms. The zero-order valence-electron chi connectivity index (χ0n) is 5.03. The Morgan fingerprint density at radius 2 is 1.45 bits per heavy atom. The van der Waals surface area contributed by atoms with E-state index in [0.717, 1.165) is 0 Å². The molecular weight excluding hydrogens is 154 g/mol. The fourth-order valence-electron chi connectivity index (χ4n) is 0.516. The molecule has 0 aliphatic rings. The Labute approximate surface area is 59.7 Å². The molecule has 0 aliphatic heterocycles.